The molecule has 0 saturated heterocycles. The molecule has 1 saturated carbocycles. The van der Waals surface area contributed by atoms with E-state index in [2.05, 4.69) is 51.4 Å². The molecule has 1 aromatic rings. The highest BCUT2D eigenvalue weighted by atomic mass is 79.9. The van der Waals surface area contributed by atoms with Crippen molar-refractivity contribution in [1.82, 2.24) is 0 Å². The van der Waals surface area contributed by atoms with E-state index in [4.69, 9.17) is 0 Å². The van der Waals surface area contributed by atoms with Crippen LogP contribution in [0.5, 0.6) is 0 Å². The van der Waals surface area contributed by atoms with Crippen molar-refractivity contribution in [3.8, 4) is 0 Å². The molecule has 0 amide bonds. The second kappa shape index (κ2) is 3.14. The number of nitrogens with zero attached hydrogens (tertiary/aromatic N) is 1. The van der Waals surface area contributed by atoms with Crippen LogP contribution < -0.4 is 10.2 Å². The molecule has 15 heavy (non-hydrogen) atoms. The van der Waals surface area contributed by atoms with E-state index in [0.29, 0.717) is 5.54 Å². The van der Waals surface area contributed by atoms with Crippen molar-refractivity contribution in [3.63, 3.8) is 0 Å². The Morgan fingerprint density at radius 3 is 2.87 bits per heavy atom. The number of halogens is 1. The predicted octanol–water partition coefficient (Wildman–Crippen LogP) is 3.23. The summed E-state index contributed by atoms with van der Waals surface area (Å²) in [4.78, 5) is 2.47. The topological polar surface area (TPSA) is 15.3 Å². The molecule has 0 radical (unpaired) electrons. The lowest BCUT2D eigenvalue weighted by molar-refractivity contribution is 0.249. The molecule has 1 fully saturated rings. The molecule has 2 aliphatic rings. The Hall–Kier alpha value is -0.700. The molecule has 1 aromatic carbocycles. The van der Waals surface area contributed by atoms with Gasteiger partial charge in [-0.25, -0.2) is 0 Å². The zero-order valence-corrected chi connectivity index (χ0v) is 10.5. The third-order valence-electron chi connectivity index (χ3n) is 3.92. The van der Waals surface area contributed by atoms with Gasteiger partial charge in [-0.1, -0.05) is 15.9 Å². The summed E-state index contributed by atoms with van der Waals surface area (Å²) in [6, 6.07) is 6.46. The molecule has 1 aliphatic heterocycles. The van der Waals surface area contributed by atoms with Crippen molar-refractivity contribution in [3.05, 3.63) is 22.7 Å². The second-order valence-electron chi connectivity index (χ2n) is 4.65. The summed E-state index contributed by atoms with van der Waals surface area (Å²) in [5.41, 5.74) is 2.99. The Morgan fingerprint density at radius 2 is 2.20 bits per heavy atom. The van der Waals surface area contributed by atoms with Crippen LogP contribution >= 0.6 is 15.9 Å². The number of anilines is 2. The summed E-state index contributed by atoms with van der Waals surface area (Å²) in [5, 5.41) is 3.55. The van der Waals surface area contributed by atoms with Gasteiger partial charge in [-0.15, -0.1) is 0 Å². The van der Waals surface area contributed by atoms with Gasteiger partial charge in [0.15, 0.2) is 0 Å². The zero-order chi connectivity index (χ0) is 10.5. The quantitative estimate of drug-likeness (QED) is 0.776. The van der Waals surface area contributed by atoms with Crippen molar-refractivity contribution in [1.29, 1.82) is 0 Å². The van der Waals surface area contributed by atoms with Crippen LogP contribution in [0.1, 0.15) is 19.3 Å². The number of rotatable bonds is 0. The van der Waals surface area contributed by atoms with Crippen LogP contribution in [0.15, 0.2) is 22.7 Å². The Kier molecular flexibility index (Phi) is 2.00. The van der Waals surface area contributed by atoms with Crippen molar-refractivity contribution in [2.75, 3.05) is 23.8 Å². The first kappa shape index (κ1) is 9.52. The summed E-state index contributed by atoms with van der Waals surface area (Å²) in [7, 11) is 2.23. The van der Waals surface area contributed by atoms with E-state index in [9.17, 15) is 0 Å². The van der Waals surface area contributed by atoms with Gasteiger partial charge in [0.05, 0.1) is 16.9 Å². The normalized spacial score (nSPS) is 21.9. The third kappa shape index (κ3) is 1.29. The van der Waals surface area contributed by atoms with Crippen molar-refractivity contribution in [2.45, 2.75) is 24.8 Å². The molecule has 0 unspecified atom stereocenters. The Labute approximate surface area is 98.8 Å². The fourth-order valence-corrected chi connectivity index (χ4v) is 3.01. The van der Waals surface area contributed by atoms with Crippen molar-refractivity contribution in [2.24, 2.45) is 0 Å². The predicted molar refractivity (Wildman–Crippen MR) is 67.6 cm³/mol. The average molecular weight is 267 g/mol. The van der Waals surface area contributed by atoms with E-state index in [1.165, 1.54) is 30.6 Å². The third-order valence-corrected chi connectivity index (χ3v) is 4.42. The SMILES string of the molecule is CN1c2cc(Br)ccc2NCC12CCC2. The first-order valence-corrected chi connectivity index (χ1v) is 6.28. The van der Waals surface area contributed by atoms with Gasteiger partial charge in [-0.2, -0.15) is 0 Å². The monoisotopic (exact) mass is 266 g/mol. The van der Waals surface area contributed by atoms with Gasteiger partial charge in [0.25, 0.3) is 0 Å². The number of nitrogens with one attached hydrogen (secondary N) is 1. The smallest absolute Gasteiger partial charge is 0.0616 e. The van der Waals surface area contributed by atoms with Crippen molar-refractivity contribution >= 4 is 27.3 Å². The van der Waals surface area contributed by atoms with E-state index in [1.807, 2.05) is 0 Å². The molecule has 1 aliphatic carbocycles. The van der Waals surface area contributed by atoms with E-state index >= 15 is 0 Å². The molecule has 0 bridgehead atoms. The first-order chi connectivity index (χ1) is 7.21. The Bertz CT molecular complexity index is 399. The molecular formula is C12H15BrN2. The molecule has 2 nitrogen and oxygen atoms in total. The number of fused-ring (bicyclic) bond motifs is 1. The largest absolute Gasteiger partial charge is 0.381 e. The number of likely N-dealkylation sites (N-methyl/N-ethyl adjacent to an activating group) is 1. The van der Waals surface area contributed by atoms with Crippen LogP contribution in [0.2, 0.25) is 0 Å². The van der Waals surface area contributed by atoms with E-state index in [0.717, 1.165) is 11.0 Å². The van der Waals surface area contributed by atoms with Crippen LogP contribution in [-0.2, 0) is 0 Å². The lowest BCUT2D eigenvalue weighted by atomic mass is 9.74. The van der Waals surface area contributed by atoms with Gasteiger partial charge < -0.3 is 10.2 Å². The minimum Gasteiger partial charge on any atom is -0.381 e. The standard InChI is InChI=1S/C12H15BrN2/c1-15-11-7-9(13)3-4-10(11)14-8-12(15)5-2-6-12/h3-4,7,14H,2,5-6,8H2,1H3. The molecule has 3 rings (SSSR count). The van der Waals surface area contributed by atoms with Gasteiger partial charge in [0.1, 0.15) is 0 Å². The highest BCUT2D eigenvalue weighted by Gasteiger charge is 2.43. The first-order valence-electron chi connectivity index (χ1n) is 5.49. The highest BCUT2D eigenvalue weighted by Crippen LogP contribution is 2.45. The van der Waals surface area contributed by atoms with Crippen molar-refractivity contribution < 1.29 is 0 Å². The van der Waals surface area contributed by atoms with E-state index in [1.54, 1.807) is 0 Å². The summed E-state index contributed by atoms with van der Waals surface area (Å²) in [6.45, 7) is 1.10. The van der Waals surface area contributed by atoms with Crippen LogP contribution in [-0.4, -0.2) is 19.1 Å². The van der Waals surface area contributed by atoms with Crippen LogP contribution in [0.3, 0.4) is 0 Å². The zero-order valence-electron chi connectivity index (χ0n) is 8.89. The van der Waals surface area contributed by atoms with Gasteiger partial charge in [0, 0.05) is 18.1 Å². The number of hydrogen-bond donors (Lipinski definition) is 1. The van der Waals surface area contributed by atoms with E-state index in [-0.39, 0.29) is 0 Å². The molecule has 1 heterocycles. The molecule has 0 atom stereocenters. The maximum Gasteiger partial charge on any atom is 0.0616 e. The number of hydrogen-bond acceptors (Lipinski definition) is 2. The minimum absolute atomic E-state index is 0.397. The summed E-state index contributed by atoms with van der Waals surface area (Å²) >= 11 is 3.54. The summed E-state index contributed by atoms with van der Waals surface area (Å²) in [6.07, 6.45) is 4.01. The maximum absolute atomic E-state index is 3.55. The molecule has 1 N–H and O–H groups in total. The molecular weight excluding hydrogens is 252 g/mol. The maximum atomic E-state index is 3.55. The van der Waals surface area contributed by atoms with Crippen LogP contribution in [0, 0.1) is 0 Å². The summed E-state index contributed by atoms with van der Waals surface area (Å²) < 4.78 is 1.16. The number of benzene rings is 1. The molecule has 3 heteroatoms. The molecule has 0 aromatic heterocycles. The fourth-order valence-electron chi connectivity index (χ4n) is 2.66. The van der Waals surface area contributed by atoms with Gasteiger partial charge in [0.2, 0.25) is 0 Å². The molecule has 80 valence electrons. The Morgan fingerprint density at radius 1 is 1.40 bits per heavy atom. The van der Waals surface area contributed by atoms with Gasteiger partial charge >= 0.3 is 0 Å². The highest BCUT2D eigenvalue weighted by molar-refractivity contribution is 9.10. The molecule has 1 spiro atoms. The average Bonchev–Trinajstić information content (AvgIpc) is 2.17. The second-order valence-corrected chi connectivity index (χ2v) is 5.57. The van der Waals surface area contributed by atoms with Gasteiger partial charge in [-0.3, -0.25) is 0 Å². The summed E-state index contributed by atoms with van der Waals surface area (Å²) in [5.74, 6) is 0. The Balaban J connectivity index is 2.04. The fraction of sp³-hybridized carbons (Fsp3) is 0.500. The van der Waals surface area contributed by atoms with Crippen LogP contribution in [0.4, 0.5) is 11.4 Å². The lowest BCUT2D eigenvalue weighted by Gasteiger charge is -2.53. The lowest BCUT2D eigenvalue weighted by Crippen LogP contribution is -2.59. The van der Waals surface area contributed by atoms with Crippen LogP contribution in [0.25, 0.3) is 0 Å². The van der Waals surface area contributed by atoms with Gasteiger partial charge in [-0.05, 0) is 37.5 Å². The van der Waals surface area contributed by atoms with E-state index < -0.39 is 0 Å². The minimum atomic E-state index is 0.397.